The lowest BCUT2D eigenvalue weighted by Gasteiger charge is -2.08. The minimum atomic E-state index is -0.601. The van der Waals surface area contributed by atoms with Gasteiger partial charge in [0.15, 0.2) is 5.82 Å². The number of anilines is 2. The second-order valence-corrected chi connectivity index (χ2v) is 4.65. The molecule has 3 rings (SSSR count). The zero-order valence-electron chi connectivity index (χ0n) is 10.3. The van der Waals surface area contributed by atoms with E-state index in [1.165, 1.54) is 16.8 Å². The number of benzene rings is 1. The first-order chi connectivity index (χ1) is 10.1. The maximum atomic E-state index is 13.8. The van der Waals surface area contributed by atoms with E-state index >= 15 is 0 Å². The van der Waals surface area contributed by atoms with Gasteiger partial charge in [0.2, 0.25) is 11.2 Å². The first kappa shape index (κ1) is 13.7. The van der Waals surface area contributed by atoms with Gasteiger partial charge in [-0.2, -0.15) is 20.1 Å². The van der Waals surface area contributed by atoms with Crippen LogP contribution < -0.4 is 5.32 Å². The molecule has 0 amide bonds. The van der Waals surface area contributed by atoms with Crippen molar-refractivity contribution >= 4 is 34.8 Å². The molecule has 0 saturated heterocycles. The Morgan fingerprint density at radius 3 is 2.71 bits per heavy atom. The molecule has 0 aliphatic heterocycles. The summed E-state index contributed by atoms with van der Waals surface area (Å²) in [6, 6.07) is 6.26. The Labute approximate surface area is 128 Å². The fraction of sp³-hybridized carbons (Fsp3) is 0. The van der Waals surface area contributed by atoms with Crippen molar-refractivity contribution in [3.05, 3.63) is 52.8 Å². The zero-order chi connectivity index (χ0) is 14.8. The van der Waals surface area contributed by atoms with Gasteiger partial charge in [-0.05, 0) is 29.8 Å². The molecule has 0 spiro atoms. The molecule has 0 aliphatic rings. The molecule has 0 aliphatic carbocycles. The minimum absolute atomic E-state index is 0.00699. The van der Waals surface area contributed by atoms with Crippen molar-refractivity contribution in [1.82, 2.24) is 24.7 Å². The monoisotopic (exact) mass is 324 g/mol. The number of halogens is 3. The van der Waals surface area contributed by atoms with Gasteiger partial charge in [-0.3, -0.25) is 0 Å². The molecule has 0 fully saturated rings. The normalized spacial score (nSPS) is 10.6. The Morgan fingerprint density at radius 2 is 1.95 bits per heavy atom. The van der Waals surface area contributed by atoms with Crippen LogP contribution in [0, 0.1) is 5.82 Å². The van der Waals surface area contributed by atoms with Crippen LogP contribution in [-0.4, -0.2) is 24.7 Å². The number of hydrogen-bond acceptors (Lipinski definition) is 5. The van der Waals surface area contributed by atoms with Crippen LogP contribution in [-0.2, 0) is 0 Å². The van der Waals surface area contributed by atoms with Gasteiger partial charge < -0.3 is 5.32 Å². The minimum Gasteiger partial charge on any atom is -0.321 e. The summed E-state index contributed by atoms with van der Waals surface area (Å²) in [5.74, 6) is -0.303. The molecule has 0 radical (unpaired) electrons. The molecule has 0 atom stereocenters. The van der Waals surface area contributed by atoms with E-state index in [4.69, 9.17) is 23.2 Å². The summed E-state index contributed by atoms with van der Waals surface area (Å²) in [5.41, 5.74) is 0.135. The van der Waals surface area contributed by atoms with E-state index in [9.17, 15) is 4.39 Å². The molecule has 21 heavy (non-hydrogen) atoms. The van der Waals surface area contributed by atoms with Gasteiger partial charge in [-0.15, -0.1) is 0 Å². The Kier molecular flexibility index (Phi) is 3.68. The predicted molar refractivity (Wildman–Crippen MR) is 76.7 cm³/mol. The van der Waals surface area contributed by atoms with Crippen LogP contribution in [0.2, 0.25) is 10.3 Å². The fourth-order valence-electron chi connectivity index (χ4n) is 1.61. The van der Waals surface area contributed by atoms with Crippen LogP contribution in [0.1, 0.15) is 0 Å². The highest BCUT2D eigenvalue weighted by atomic mass is 35.5. The highest BCUT2D eigenvalue weighted by Gasteiger charge is 2.11. The molecule has 1 N–H and O–H groups in total. The van der Waals surface area contributed by atoms with Crippen molar-refractivity contribution in [1.29, 1.82) is 0 Å². The van der Waals surface area contributed by atoms with Gasteiger partial charge >= 0.3 is 0 Å². The van der Waals surface area contributed by atoms with Gasteiger partial charge in [0.05, 0.1) is 10.7 Å². The van der Waals surface area contributed by atoms with Crippen molar-refractivity contribution < 1.29 is 4.39 Å². The van der Waals surface area contributed by atoms with Gasteiger partial charge in [0.1, 0.15) is 0 Å². The summed E-state index contributed by atoms with van der Waals surface area (Å²) >= 11 is 11.6. The third kappa shape index (κ3) is 2.93. The van der Waals surface area contributed by atoms with Crippen LogP contribution in [0.5, 0.6) is 0 Å². The molecule has 2 heterocycles. The maximum Gasteiger partial charge on any atom is 0.256 e. The second kappa shape index (κ2) is 5.63. The van der Waals surface area contributed by atoms with E-state index in [0.717, 1.165) is 0 Å². The van der Waals surface area contributed by atoms with Crippen molar-refractivity contribution in [3.8, 4) is 5.95 Å². The summed E-state index contributed by atoms with van der Waals surface area (Å²) in [7, 11) is 0. The van der Waals surface area contributed by atoms with E-state index in [2.05, 4.69) is 25.4 Å². The number of nitrogens with one attached hydrogen (secondary N) is 1. The predicted octanol–water partition coefficient (Wildman–Crippen LogP) is 3.25. The first-order valence-corrected chi connectivity index (χ1v) is 6.52. The lowest BCUT2D eigenvalue weighted by Crippen LogP contribution is -2.07. The van der Waals surface area contributed by atoms with Crippen LogP contribution in [0.3, 0.4) is 0 Å². The summed E-state index contributed by atoms with van der Waals surface area (Å²) in [6.07, 6.45) is 3.22. The summed E-state index contributed by atoms with van der Waals surface area (Å²) < 4.78 is 15.3. The molecule has 9 heteroatoms. The summed E-state index contributed by atoms with van der Waals surface area (Å²) in [6.45, 7) is 0. The average Bonchev–Trinajstić information content (AvgIpc) is 2.97. The van der Waals surface area contributed by atoms with Gasteiger partial charge in [-0.1, -0.05) is 17.7 Å². The fourth-order valence-corrected chi connectivity index (χ4v) is 1.94. The molecular weight excluding hydrogens is 318 g/mol. The number of nitrogens with zero attached hydrogens (tertiary/aromatic N) is 5. The molecular formula is C12H7Cl2FN6. The zero-order valence-corrected chi connectivity index (χ0v) is 11.8. The van der Waals surface area contributed by atoms with Gasteiger partial charge in [-0.25, -0.2) is 9.07 Å². The first-order valence-electron chi connectivity index (χ1n) is 5.76. The Balaban J connectivity index is 1.98. The van der Waals surface area contributed by atoms with E-state index in [-0.39, 0.29) is 27.9 Å². The third-order valence-corrected chi connectivity index (χ3v) is 2.96. The van der Waals surface area contributed by atoms with Crippen molar-refractivity contribution in [2.75, 3.05) is 5.32 Å². The van der Waals surface area contributed by atoms with Gasteiger partial charge in [0, 0.05) is 12.4 Å². The largest absolute Gasteiger partial charge is 0.321 e. The second-order valence-electron chi connectivity index (χ2n) is 3.91. The molecule has 6 nitrogen and oxygen atoms in total. The third-order valence-electron chi connectivity index (χ3n) is 2.50. The van der Waals surface area contributed by atoms with Crippen LogP contribution in [0.25, 0.3) is 5.95 Å². The van der Waals surface area contributed by atoms with Crippen LogP contribution >= 0.6 is 23.2 Å². The number of aromatic nitrogens is 5. The Bertz CT molecular complexity index is 777. The molecule has 2 aromatic heterocycles. The Morgan fingerprint density at radius 1 is 1.10 bits per heavy atom. The van der Waals surface area contributed by atoms with Crippen molar-refractivity contribution in [2.45, 2.75) is 0 Å². The van der Waals surface area contributed by atoms with Crippen LogP contribution in [0.4, 0.5) is 16.0 Å². The van der Waals surface area contributed by atoms with Crippen molar-refractivity contribution in [3.63, 3.8) is 0 Å². The smallest absolute Gasteiger partial charge is 0.256 e. The quantitative estimate of drug-likeness (QED) is 0.800. The molecule has 3 aromatic rings. The van der Waals surface area contributed by atoms with Crippen molar-refractivity contribution in [2.24, 2.45) is 0 Å². The Hall–Kier alpha value is -2.25. The SMILES string of the molecule is Fc1c(Cl)cccc1Nc1nc(Cl)nc(-n2cccn2)n1. The molecule has 0 unspecified atom stereocenters. The van der Waals surface area contributed by atoms with E-state index in [1.54, 1.807) is 24.5 Å². The van der Waals surface area contributed by atoms with E-state index < -0.39 is 5.82 Å². The summed E-state index contributed by atoms with van der Waals surface area (Å²) in [5, 5.41) is 6.65. The standard InChI is InChI=1S/C12H7Cl2FN6/c13-7-3-1-4-8(9(7)15)17-11-18-10(14)19-12(20-11)21-6-2-5-16-21/h1-6H,(H,17,18,19,20). The van der Waals surface area contributed by atoms with E-state index in [1.807, 2.05) is 0 Å². The number of hydrogen-bond donors (Lipinski definition) is 1. The molecule has 106 valence electrons. The highest BCUT2D eigenvalue weighted by molar-refractivity contribution is 6.31. The highest BCUT2D eigenvalue weighted by Crippen LogP contribution is 2.24. The van der Waals surface area contributed by atoms with E-state index in [0.29, 0.717) is 0 Å². The number of rotatable bonds is 3. The maximum absolute atomic E-state index is 13.8. The molecule has 0 bridgehead atoms. The molecule has 1 aromatic carbocycles. The molecule has 0 saturated carbocycles. The van der Waals surface area contributed by atoms with Gasteiger partial charge in [0.25, 0.3) is 5.95 Å². The lowest BCUT2D eigenvalue weighted by molar-refractivity contribution is 0.632. The average molecular weight is 325 g/mol. The topological polar surface area (TPSA) is 68.5 Å². The lowest BCUT2D eigenvalue weighted by atomic mass is 10.3. The summed E-state index contributed by atoms with van der Waals surface area (Å²) in [4.78, 5) is 11.9. The van der Waals surface area contributed by atoms with Crippen LogP contribution in [0.15, 0.2) is 36.7 Å².